The van der Waals surface area contributed by atoms with Crippen molar-refractivity contribution in [2.45, 2.75) is 46.3 Å². The third kappa shape index (κ3) is 9.16. The van der Waals surface area contributed by atoms with Gasteiger partial charge in [0.25, 0.3) is 0 Å². The summed E-state index contributed by atoms with van der Waals surface area (Å²) in [6, 6.07) is -0.342. The van der Waals surface area contributed by atoms with Crippen molar-refractivity contribution in [1.82, 2.24) is 9.80 Å². The Morgan fingerprint density at radius 3 is 2.09 bits per heavy atom. The standard InChI is InChI=1S/C15H31N3O2.2ClH/c1-12(2)11-14(16)15(19)18-7-5-17(6-8-18)9-10-20-13(3)4;;/h12-14H,5-11,16H2,1-4H3;2*1H/t14-;;/m0../s1. The quantitative estimate of drug-likeness (QED) is 0.754. The molecule has 1 aliphatic heterocycles. The van der Waals surface area contributed by atoms with Gasteiger partial charge in [-0.05, 0) is 26.2 Å². The van der Waals surface area contributed by atoms with E-state index in [0.717, 1.165) is 45.8 Å². The van der Waals surface area contributed by atoms with Crippen LogP contribution in [0.15, 0.2) is 0 Å². The molecule has 1 atom stereocenters. The molecule has 1 fully saturated rings. The van der Waals surface area contributed by atoms with Gasteiger partial charge in [-0.3, -0.25) is 9.69 Å². The average molecular weight is 358 g/mol. The Hall–Kier alpha value is -0.0700. The molecule has 1 saturated heterocycles. The normalized spacial score (nSPS) is 17.1. The second-order valence-corrected chi connectivity index (χ2v) is 6.32. The minimum absolute atomic E-state index is 0. The molecule has 0 aliphatic carbocycles. The largest absolute Gasteiger partial charge is 0.377 e. The van der Waals surface area contributed by atoms with Crippen molar-refractivity contribution in [3.05, 3.63) is 0 Å². The number of hydrogen-bond acceptors (Lipinski definition) is 4. The summed E-state index contributed by atoms with van der Waals surface area (Å²) in [5, 5.41) is 0. The number of nitrogens with zero attached hydrogens (tertiary/aromatic N) is 2. The number of rotatable bonds is 7. The van der Waals surface area contributed by atoms with E-state index in [2.05, 4.69) is 18.7 Å². The van der Waals surface area contributed by atoms with Crippen LogP contribution in [0.4, 0.5) is 0 Å². The van der Waals surface area contributed by atoms with Crippen LogP contribution in [0.1, 0.15) is 34.1 Å². The van der Waals surface area contributed by atoms with Crippen LogP contribution in [0.5, 0.6) is 0 Å². The molecule has 0 spiro atoms. The highest BCUT2D eigenvalue weighted by atomic mass is 35.5. The minimum atomic E-state index is -0.342. The van der Waals surface area contributed by atoms with Gasteiger partial charge in [0, 0.05) is 32.7 Å². The summed E-state index contributed by atoms with van der Waals surface area (Å²) >= 11 is 0. The van der Waals surface area contributed by atoms with Crippen LogP contribution in [0, 0.1) is 5.92 Å². The summed E-state index contributed by atoms with van der Waals surface area (Å²) < 4.78 is 5.56. The fourth-order valence-electron chi connectivity index (χ4n) is 2.45. The molecule has 134 valence electrons. The molecule has 1 aliphatic rings. The zero-order valence-electron chi connectivity index (χ0n) is 14.3. The summed E-state index contributed by atoms with van der Waals surface area (Å²) in [6.45, 7) is 13.4. The monoisotopic (exact) mass is 357 g/mol. The molecule has 0 aromatic heterocycles. The second kappa shape index (κ2) is 12.4. The fourth-order valence-corrected chi connectivity index (χ4v) is 2.45. The lowest BCUT2D eigenvalue weighted by molar-refractivity contribution is -0.134. The summed E-state index contributed by atoms with van der Waals surface area (Å²) in [4.78, 5) is 16.5. The Balaban J connectivity index is 0. The maximum absolute atomic E-state index is 12.2. The summed E-state index contributed by atoms with van der Waals surface area (Å²) in [6.07, 6.45) is 1.05. The van der Waals surface area contributed by atoms with E-state index in [4.69, 9.17) is 10.5 Å². The van der Waals surface area contributed by atoms with E-state index in [0.29, 0.717) is 5.92 Å². The number of halogens is 2. The third-order valence-electron chi connectivity index (χ3n) is 3.59. The van der Waals surface area contributed by atoms with Gasteiger partial charge in [0.1, 0.15) is 0 Å². The first-order valence-corrected chi connectivity index (χ1v) is 7.78. The van der Waals surface area contributed by atoms with Gasteiger partial charge in [-0.25, -0.2) is 0 Å². The Kier molecular flexibility index (Phi) is 13.6. The predicted octanol–water partition coefficient (Wildman–Crippen LogP) is 1.77. The van der Waals surface area contributed by atoms with E-state index in [9.17, 15) is 4.79 Å². The molecular formula is C15H33Cl2N3O2. The van der Waals surface area contributed by atoms with Crippen LogP contribution in [0.2, 0.25) is 0 Å². The van der Waals surface area contributed by atoms with Gasteiger partial charge in [-0.1, -0.05) is 13.8 Å². The lowest BCUT2D eigenvalue weighted by Crippen LogP contribution is -2.53. The Morgan fingerprint density at radius 2 is 1.64 bits per heavy atom. The predicted molar refractivity (Wildman–Crippen MR) is 96.0 cm³/mol. The first kappa shape index (κ1) is 24.2. The molecule has 22 heavy (non-hydrogen) atoms. The minimum Gasteiger partial charge on any atom is -0.377 e. The number of carbonyl (C=O) groups excluding carboxylic acids is 1. The molecule has 2 N–H and O–H groups in total. The van der Waals surface area contributed by atoms with E-state index in [1.165, 1.54) is 0 Å². The number of amides is 1. The van der Waals surface area contributed by atoms with Crippen molar-refractivity contribution in [2.24, 2.45) is 11.7 Å². The van der Waals surface area contributed by atoms with Crippen LogP contribution in [0.3, 0.4) is 0 Å². The van der Waals surface area contributed by atoms with Crippen LogP contribution >= 0.6 is 24.8 Å². The number of piperazine rings is 1. The average Bonchev–Trinajstić information content (AvgIpc) is 2.37. The van der Waals surface area contributed by atoms with Gasteiger partial charge in [-0.2, -0.15) is 0 Å². The Bertz CT molecular complexity index is 297. The van der Waals surface area contributed by atoms with Crippen molar-refractivity contribution in [3.8, 4) is 0 Å². The van der Waals surface area contributed by atoms with Crippen molar-refractivity contribution >= 4 is 30.7 Å². The summed E-state index contributed by atoms with van der Waals surface area (Å²) in [7, 11) is 0. The smallest absolute Gasteiger partial charge is 0.239 e. The molecule has 0 bridgehead atoms. The fraction of sp³-hybridized carbons (Fsp3) is 0.933. The highest BCUT2D eigenvalue weighted by Crippen LogP contribution is 2.08. The summed E-state index contributed by atoms with van der Waals surface area (Å²) in [5.41, 5.74) is 5.97. The van der Waals surface area contributed by atoms with E-state index in [1.807, 2.05) is 18.7 Å². The van der Waals surface area contributed by atoms with E-state index < -0.39 is 0 Å². The first-order valence-electron chi connectivity index (χ1n) is 7.78. The zero-order valence-corrected chi connectivity index (χ0v) is 15.9. The molecule has 5 nitrogen and oxygen atoms in total. The molecule has 1 heterocycles. The van der Waals surface area contributed by atoms with Crippen LogP contribution < -0.4 is 5.73 Å². The molecule has 1 amide bonds. The molecule has 0 aromatic carbocycles. The van der Waals surface area contributed by atoms with Crippen LogP contribution in [0.25, 0.3) is 0 Å². The number of ether oxygens (including phenoxy) is 1. The lowest BCUT2D eigenvalue weighted by atomic mass is 10.0. The van der Waals surface area contributed by atoms with Gasteiger partial charge < -0.3 is 15.4 Å². The highest BCUT2D eigenvalue weighted by Gasteiger charge is 2.25. The van der Waals surface area contributed by atoms with Gasteiger partial charge in [0.15, 0.2) is 0 Å². The number of hydrogen-bond donors (Lipinski definition) is 1. The van der Waals surface area contributed by atoms with Crippen LogP contribution in [-0.2, 0) is 9.53 Å². The lowest BCUT2D eigenvalue weighted by Gasteiger charge is -2.36. The maximum Gasteiger partial charge on any atom is 0.239 e. The van der Waals surface area contributed by atoms with Crippen molar-refractivity contribution in [1.29, 1.82) is 0 Å². The third-order valence-corrected chi connectivity index (χ3v) is 3.59. The van der Waals surface area contributed by atoms with Crippen molar-refractivity contribution in [2.75, 3.05) is 39.3 Å². The van der Waals surface area contributed by atoms with E-state index in [1.54, 1.807) is 0 Å². The molecule has 0 aromatic rings. The van der Waals surface area contributed by atoms with E-state index in [-0.39, 0.29) is 42.9 Å². The van der Waals surface area contributed by atoms with E-state index >= 15 is 0 Å². The molecule has 0 radical (unpaired) electrons. The van der Waals surface area contributed by atoms with Crippen molar-refractivity contribution < 1.29 is 9.53 Å². The Morgan fingerprint density at radius 1 is 1.09 bits per heavy atom. The maximum atomic E-state index is 12.2. The molecule has 7 heteroatoms. The molecular weight excluding hydrogens is 325 g/mol. The summed E-state index contributed by atoms with van der Waals surface area (Å²) in [5.74, 6) is 0.570. The van der Waals surface area contributed by atoms with Gasteiger partial charge in [0.2, 0.25) is 5.91 Å². The van der Waals surface area contributed by atoms with Crippen LogP contribution in [-0.4, -0.2) is 67.2 Å². The second-order valence-electron chi connectivity index (χ2n) is 6.32. The van der Waals surface area contributed by atoms with Gasteiger partial charge in [-0.15, -0.1) is 24.8 Å². The Labute approximate surface area is 147 Å². The number of nitrogens with two attached hydrogens (primary N) is 1. The first-order chi connectivity index (χ1) is 9.40. The molecule has 0 saturated carbocycles. The zero-order chi connectivity index (χ0) is 15.1. The van der Waals surface area contributed by atoms with Gasteiger partial charge >= 0.3 is 0 Å². The molecule has 0 unspecified atom stereocenters. The van der Waals surface area contributed by atoms with Crippen molar-refractivity contribution in [3.63, 3.8) is 0 Å². The van der Waals surface area contributed by atoms with Gasteiger partial charge in [0.05, 0.1) is 18.8 Å². The highest BCUT2D eigenvalue weighted by molar-refractivity contribution is 5.85. The SMILES string of the molecule is CC(C)C[C@H](N)C(=O)N1CCN(CCOC(C)C)CC1.Cl.Cl. The topological polar surface area (TPSA) is 58.8 Å². The number of carbonyl (C=O) groups is 1. The molecule has 1 rings (SSSR count).